The maximum Gasteiger partial charge on any atom is 0.328 e. The molecule has 18 heavy (non-hydrogen) atoms. The Morgan fingerprint density at radius 2 is 2.06 bits per heavy atom. The Kier molecular flexibility index (Phi) is 5.13. The molecule has 1 rings (SSSR count). The van der Waals surface area contributed by atoms with Gasteiger partial charge in [-0.3, -0.25) is 0 Å². The zero-order valence-corrected chi connectivity index (χ0v) is 11.3. The van der Waals surface area contributed by atoms with E-state index < -0.39 is 6.04 Å². The molecule has 0 aliphatic carbocycles. The summed E-state index contributed by atoms with van der Waals surface area (Å²) in [5.74, 6) is -0.299. The first-order valence-electron chi connectivity index (χ1n) is 6.04. The molecule has 1 N–H and O–H groups in total. The van der Waals surface area contributed by atoms with Crippen LogP contribution in [-0.4, -0.2) is 19.1 Å². The summed E-state index contributed by atoms with van der Waals surface area (Å²) in [7, 11) is 1.36. The van der Waals surface area contributed by atoms with E-state index in [0.29, 0.717) is 18.0 Å². The van der Waals surface area contributed by atoms with Crippen molar-refractivity contribution in [3.63, 3.8) is 0 Å². The highest BCUT2D eigenvalue weighted by molar-refractivity contribution is 5.79. The lowest BCUT2D eigenvalue weighted by Crippen LogP contribution is -2.32. The fraction of sp³-hybridized carbons (Fsp3) is 0.500. The van der Waals surface area contributed by atoms with Crippen molar-refractivity contribution in [1.82, 2.24) is 0 Å². The predicted octanol–water partition coefficient (Wildman–Crippen LogP) is 3.13. The van der Waals surface area contributed by atoms with E-state index in [1.165, 1.54) is 19.2 Å². The Labute approximate surface area is 107 Å². The molecule has 0 heterocycles. The molecule has 1 aromatic rings. The first-order valence-corrected chi connectivity index (χ1v) is 6.04. The number of ether oxygens (including phenoxy) is 1. The summed E-state index contributed by atoms with van der Waals surface area (Å²) in [4.78, 5) is 11.6. The van der Waals surface area contributed by atoms with E-state index in [2.05, 4.69) is 5.32 Å². The lowest BCUT2D eigenvalue weighted by Gasteiger charge is -2.19. The van der Waals surface area contributed by atoms with Crippen LogP contribution in [0, 0.1) is 18.7 Å². The highest BCUT2D eigenvalue weighted by Gasteiger charge is 2.20. The number of carbonyl (C=O) groups is 1. The molecule has 100 valence electrons. The molecule has 0 spiro atoms. The Hall–Kier alpha value is -1.58. The maximum atomic E-state index is 13.3. The highest BCUT2D eigenvalue weighted by Crippen LogP contribution is 2.17. The quantitative estimate of drug-likeness (QED) is 0.819. The fourth-order valence-corrected chi connectivity index (χ4v) is 1.85. The average Bonchev–Trinajstić information content (AvgIpc) is 2.25. The van der Waals surface area contributed by atoms with Crippen LogP contribution in [0.2, 0.25) is 0 Å². The molecule has 0 bridgehead atoms. The van der Waals surface area contributed by atoms with E-state index in [1.54, 1.807) is 6.07 Å². The van der Waals surface area contributed by atoms with Crippen LogP contribution in [0.25, 0.3) is 0 Å². The van der Waals surface area contributed by atoms with Gasteiger partial charge in [-0.15, -0.1) is 0 Å². The highest BCUT2D eigenvalue weighted by atomic mass is 19.1. The summed E-state index contributed by atoms with van der Waals surface area (Å²) < 4.78 is 18.0. The van der Waals surface area contributed by atoms with Gasteiger partial charge in [0.25, 0.3) is 0 Å². The summed E-state index contributed by atoms with van der Waals surface area (Å²) in [6.45, 7) is 5.85. The van der Waals surface area contributed by atoms with Crippen molar-refractivity contribution in [2.24, 2.45) is 5.92 Å². The maximum absolute atomic E-state index is 13.3. The van der Waals surface area contributed by atoms with E-state index in [-0.39, 0.29) is 11.8 Å². The number of rotatable bonds is 5. The molecule has 4 heteroatoms. The number of anilines is 1. The van der Waals surface area contributed by atoms with Gasteiger partial charge in [-0.1, -0.05) is 13.8 Å². The van der Waals surface area contributed by atoms with Crippen LogP contribution in [0.4, 0.5) is 10.1 Å². The standard InChI is InChI=1S/C14H20FNO2/c1-9(2)5-13(14(17)18-4)16-12-7-10(3)6-11(15)8-12/h6-9,13,16H,5H2,1-4H3. The molecule has 0 radical (unpaired) electrons. The molecule has 1 atom stereocenters. The van der Waals surface area contributed by atoms with Crippen molar-refractivity contribution in [1.29, 1.82) is 0 Å². The Morgan fingerprint density at radius 1 is 1.39 bits per heavy atom. The number of hydrogen-bond acceptors (Lipinski definition) is 3. The second-order valence-electron chi connectivity index (χ2n) is 4.87. The van der Waals surface area contributed by atoms with Crippen LogP contribution in [0.15, 0.2) is 18.2 Å². The van der Waals surface area contributed by atoms with Gasteiger partial charge < -0.3 is 10.1 Å². The number of hydrogen-bond donors (Lipinski definition) is 1. The summed E-state index contributed by atoms with van der Waals surface area (Å²) in [6, 6.07) is 4.18. The normalized spacial score (nSPS) is 12.3. The van der Waals surface area contributed by atoms with Crippen LogP contribution in [0.5, 0.6) is 0 Å². The van der Waals surface area contributed by atoms with Crippen molar-refractivity contribution in [2.75, 3.05) is 12.4 Å². The topological polar surface area (TPSA) is 38.3 Å². The van der Waals surface area contributed by atoms with Crippen molar-refractivity contribution >= 4 is 11.7 Å². The van der Waals surface area contributed by atoms with Gasteiger partial charge in [0.15, 0.2) is 0 Å². The summed E-state index contributed by atoms with van der Waals surface area (Å²) in [5.41, 5.74) is 1.41. The molecule has 0 aliphatic rings. The summed E-state index contributed by atoms with van der Waals surface area (Å²) in [6.07, 6.45) is 0.641. The minimum Gasteiger partial charge on any atom is -0.467 e. The third-order valence-electron chi connectivity index (χ3n) is 2.58. The SMILES string of the molecule is COC(=O)C(CC(C)C)Nc1cc(C)cc(F)c1. The number of nitrogens with one attached hydrogen (secondary N) is 1. The molecule has 0 aromatic heterocycles. The van der Waals surface area contributed by atoms with Crippen molar-refractivity contribution < 1.29 is 13.9 Å². The molecule has 1 aromatic carbocycles. The number of methoxy groups -OCH3 is 1. The molecule has 0 aliphatic heterocycles. The van der Waals surface area contributed by atoms with Crippen LogP contribution in [0.1, 0.15) is 25.8 Å². The average molecular weight is 253 g/mol. The minimum absolute atomic E-state index is 0.314. The lowest BCUT2D eigenvalue weighted by molar-refractivity contribution is -0.141. The Bertz CT molecular complexity index is 398. The van der Waals surface area contributed by atoms with Gasteiger partial charge in [-0.05, 0) is 43.0 Å². The number of carbonyl (C=O) groups excluding carboxylic acids is 1. The van der Waals surface area contributed by atoms with E-state index in [9.17, 15) is 9.18 Å². The molecule has 0 saturated carbocycles. The van der Waals surface area contributed by atoms with E-state index in [0.717, 1.165) is 5.56 Å². The van der Waals surface area contributed by atoms with E-state index in [1.807, 2.05) is 20.8 Å². The molecule has 3 nitrogen and oxygen atoms in total. The monoisotopic (exact) mass is 253 g/mol. The van der Waals surface area contributed by atoms with Gasteiger partial charge in [-0.2, -0.15) is 0 Å². The van der Waals surface area contributed by atoms with E-state index >= 15 is 0 Å². The molecule has 0 saturated heterocycles. The number of esters is 1. The van der Waals surface area contributed by atoms with Crippen LogP contribution < -0.4 is 5.32 Å². The van der Waals surface area contributed by atoms with Crippen molar-refractivity contribution in [2.45, 2.75) is 33.2 Å². The van der Waals surface area contributed by atoms with Gasteiger partial charge in [-0.25, -0.2) is 9.18 Å². The third-order valence-corrected chi connectivity index (χ3v) is 2.58. The molecular weight excluding hydrogens is 233 g/mol. The van der Waals surface area contributed by atoms with Crippen LogP contribution in [0.3, 0.4) is 0 Å². The number of aryl methyl sites for hydroxylation is 1. The van der Waals surface area contributed by atoms with Gasteiger partial charge in [0.2, 0.25) is 0 Å². The number of halogens is 1. The number of benzene rings is 1. The molecule has 0 amide bonds. The van der Waals surface area contributed by atoms with Crippen molar-refractivity contribution in [3.05, 3.63) is 29.6 Å². The summed E-state index contributed by atoms with van der Waals surface area (Å²) in [5, 5.41) is 3.03. The van der Waals surface area contributed by atoms with Crippen molar-refractivity contribution in [3.8, 4) is 0 Å². The molecule has 0 fully saturated rings. The summed E-state index contributed by atoms with van der Waals surface area (Å²) >= 11 is 0. The second kappa shape index (κ2) is 6.38. The third kappa shape index (κ3) is 4.35. The minimum atomic E-state index is -0.448. The first kappa shape index (κ1) is 14.5. The van der Waals surface area contributed by atoms with Crippen LogP contribution in [-0.2, 0) is 9.53 Å². The molecular formula is C14H20FNO2. The lowest BCUT2D eigenvalue weighted by atomic mass is 10.0. The zero-order valence-electron chi connectivity index (χ0n) is 11.3. The van der Waals surface area contributed by atoms with Gasteiger partial charge >= 0.3 is 5.97 Å². The van der Waals surface area contributed by atoms with E-state index in [4.69, 9.17) is 4.74 Å². The largest absolute Gasteiger partial charge is 0.467 e. The first-order chi connectivity index (χ1) is 8.42. The van der Waals surface area contributed by atoms with Gasteiger partial charge in [0.05, 0.1) is 7.11 Å². The zero-order chi connectivity index (χ0) is 13.7. The smallest absolute Gasteiger partial charge is 0.328 e. The Balaban J connectivity index is 2.84. The van der Waals surface area contributed by atoms with Crippen LogP contribution >= 0.6 is 0 Å². The predicted molar refractivity (Wildman–Crippen MR) is 70.0 cm³/mol. The fourth-order valence-electron chi connectivity index (χ4n) is 1.85. The van der Waals surface area contributed by atoms with Gasteiger partial charge in [0.1, 0.15) is 11.9 Å². The van der Waals surface area contributed by atoms with Gasteiger partial charge in [0, 0.05) is 5.69 Å². The Morgan fingerprint density at radius 3 is 2.56 bits per heavy atom. The molecule has 1 unspecified atom stereocenters. The second-order valence-corrected chi connectivity index (χ2v) is 4.87.